The lowest BCUT2D eigenvalue weighted by atomic mass is 9.85. The van der Waals surface area contributed by atoms with Gasteiger partial charge in [0.2, 0.25) is 0 Å². The van der Waals surface area contributed by atoms with Gasteiger partial charge in [-0.3, -0.25) is 4.90 Å². The number of carboxylic acid groups (broad SMARTS) is 1. The second-order valence-electron chi connectivity index (χ2n) is 7.02. The smallest absolute Gasteiger partial charge is 0.330 e. The summed E-state index contributed by atoms with van der Waals surface area (Å²) in [6.45, 7) is 4.73. The van der Waals surface area contributed by atoms with Crippen LogP contribution in [-0.4, -0.2) is 53.4 Å². The third-order valence-corrected chi connectivity index (χ3v) is 5.46. The number of carbonyl (C=O) groups is 1. The molecule has 1 saturated heterocycles. The molecule has 0 saturated carbocycles. The van der Waals surface area contributed by atoms with Crippen LogP contribution in [0.3, 0.4) is 0 Å². The molecule has 134 valence electrons. The molecule has 0 bridgehead atoms. The van der Waals surface area contributed by atoms with Crippen LogP contribution in [0.25, 0.3) is 6.08 Å². The summed E-state index contributed by atoms with van der Waals surface area (Å²) < 4.78 is 0. The van der Waals surface area contributed by atoms with Crippen LogP contribution in [0.5, 0.6) is 0 Å². The first-order valence-electron chi connectivity index (χ1n) is 9.06. The third-order valence-electron chi connectivity index (χ3n) is 5.46. The zero-order valence-electron chi connectivity index (χ0n) is 14.9. The Bertz CT molecular complexity index is 860. The summed E-state index contributed by atoms with van der Waals surface area (Å²) in [7, 11) is 0. The monoisotopic (exact) mass is 349 g/mol. The van der Waals surface area contributed by atoms with Gasteiger partial charge in [-0.1, -0.05) is 36.4 Å². The van der Waals surface area contributed by atoms with Crippen LogP contribution in [0.15, 0.2) is 58.8 Å². The number of fused-ring (bicyclic) bond motifs is 2. The van der Waals surface area contributed by atoms with Crippen molar-refractivity contribution in [1.82, 2.24) is 10.2 Å². The second-order valence-corrected chi connectivity index (χ2v) is 7.02. The molecule has 0 amide bonds. The number of hydrogen-bond acceptors (Lipinski definition) is 4. The number of nitrogens with zero attached hydrogens (tertiary/aromatic N) is 2. The minimum Gasteiger partial charge on any atom is -0.480 e. The Morgan fingerprint density at radius 3 is 2.81 bits per heavy atom. The number of benzene rings is 1. The molecule has 3 aliphatic rings. The molecular formula is C21H23N3O2. The van der Waals surface area contributed by atoms with Crippen molar-refractivity contribution in [2.45, 2.75) is 18.9 Å². The summed E-state index contributed by atoms with van der Waals surface area (Å²) in [5.74, 6) is -0.858. The number of aliphatic imine (C=N–C) groups is 1. The molecule has 1 unspecified atom stereocenters. The maximum atomic E-state index is 12.5. The van der Waals surface area contributed by atoms with E-state index in [0.29, 0.717) is 18.8 Å². The maximum absolute atomic E-state index is 12.5. The lowest BCUT2D eigenvalue weighted by Gasteiger charge is -2.41. The summed E-state index contributed by atoms with van der Waals surface area (Å²) in [5.41, 5.74) is 3.37. The highest BCUT2D eigenvalue weighted by Gasteiger charge is 2.46. The van der Waals surface area contributed by atoms with E-state index in [1.165, 1.54) is 0 Å². The van der Waals surface area contributed by atoms with Gasteiger partial charge in [-0.2, -0.15) is 0 Å². The van der Waals surface area contributed by atoms with Crippen LogP contribution in [0, 0.1) is 0 Å². The minimum absolute atomic E-state index is 0.621. The molecule has 26 heavy (non-hydrogen) atoms. The molecule has 2 heterocycles. The number of allylic oxidation sites excluding steroid dienone is 4. The molecule has 5 heteroatoms. The fraction of sp³-hybridized carbons (Fsp3) is 0.333. The standard InChI is InChI=1S/C21H23N3O2/c1-21(20(25)26,24-12-10-22-11-13-24)19-17-8-4-2-6-15(17)14-16-7-3-5-9-18(16)23-19/h2-6,8-9,14,22H,7,10-13H2,1H3,(H,25,26). The fourth-order valence-electron chi connectivity index (χ4n) is 3.88. The van der Waals surface area contributed by atoms with Crippen LogP contribution in [0.1, 0.15) is 24.5 Å². The highest BCUT2D eigenvalue weighted by molar-refractivity contribution is 6.20. The van der Waals surface area contributed by atoms with Gasteiger partial charge in [-0.05, 0) is 36.6 Å². The average molecular weight is 349 g/mol. The highest BCUT2D eigenvalue weighted by atomic mass is 16.4. The summed E-state index contributed by atoms with van der Waals surface area (Å²) in [5, 5.41) is 13.6. The van der Waals surface area contributed by atoms with Crippen LogP contribution in [0.2, 0.25) is 0 Å². The lowest BCUT2D eigenvalue weighted by Crippen LogP contribution is -2.63. The summed E-state index contributed by atoms with van der Waals surface area (Å²) in [4.78, 5) is 19.5. The van der Waals surface area contributed by atoms with Crippen molar-refractivity contribution >= 4 is 17.8 Å². The fourth-order valence-corrected chi connectivity index (χ4v) is 3.88. The molecule has 4 rings (SSSR count). The van der Waals surface area contributed by atoms with Crippen molar-refractivity contribution in [2.24, 2.45) is 4.99 Å². The van der Waals surface area contributed by atoms with Crippen molar-refractivity contribution in [3.8, 4) is 0 Å². The molecule has 2 N–H and O–H groups in total. The van der Waals surface area contributed by atoms with Gasteiger partial charge in [0.25, 0.3) is 0 Å². The van der Waals surface area contributed by atoms with Crippen LogP contribution < -0.4 is 5.32 Å². The van der Waals surface area contributed by atoms with E-state index in [1.54, 1.807) is 6.92 Å². The van der Waals surface area contributed by atoms with Crippen LogP contribution >= 0.6 is 0 Å². The zero-order chi connectivity index (χ0) is 18.1. The Labute approximate surface area is 153 Å². The van der Waals surface area contributed by atoms with Gasteiger partial charge in [0.1, 0.15) is 0 Å². The van der Waals surface area contributed by atoms with E-state index in [4.69, 9.17) is 4.99 Å². The molecule has 0 aromatic heterocycles. The van der Waals surface area contributed by atoms with Crippen LogP contribution in [0.4, 0.5) is 0 Å². The van der Waals surface area contributed by atoms with E-state index < -0.39 is 11.5 Å². The Morgan fingerprint density at radius 2 is 2.04 bits per heavy atom. The van der Waals surface area contributed by atoms with Gasteiger partial charge in [0, 0.05) is 31.7 Å². The Hall–Kier alpha value is -2.50. The first kappa shape index (κ1) is 16.9. The molecule has 0 radical (unpaired) electrons. The van der Waals surface area contributed by atoms with E-state index in [-0.39, 0.29) is 0 Å². The predicted molar refractivity (Wildman–Crippen MR) is 103 cm³/mol. The number of rotatable bonds is 3. The van der Waals surface area contributed by atoms with Gasteiger partial charge in [-0.15, -0.1) is 0 Å². The number of hydrogen-bond donors (Lipinski definition) is 2. The van der Waals surface area contributed by atoms with Crippen molar-refractivity contribution in [3.05, 3.63) is 64.9 Å². The van der Waals surface area contributed by atoms with Gasteiger partial charge in [-0.25, -0.2) is 9.79 Å². The first-order chi connectivity index (χ1) is 12.6. The molecule has 1 aromatic carbocycles. The maximum Gasteiger partial charge on any atom is 0.330 e. The number of nitrogens with one attached hydrogen (secondary N) is 1. The topological polar surface area (TPSA) is 64.9 Å². The Kier molecular flexibility index (Phi) is 4.34. The average Bonchev–Trinajstić information content (AvgIpc) is 2.84. The Morgan fingerprint density at radius 1 is 1.27 bits per heavy atom. The molecule has 1 aromatic rings. The quantitative estimate of drug-likeness (QED) is 0.880. The third kappa shape index (κ3) is 2.73. The number of carboxylic acids is 1. The molecular weight excluding hydrogens is 326 g/mol. The summed E-state index contributed by atoms with van der Waals surface area (Å²) >= 11 is 0. The predicted octanol–water partition coefficient (Wildman–Crippen LogP) is 2.47. The van der Waals surface area contributed by atoms with Gasteiger partial charge in [0.15, 0.2) is 5.54 Å². The van der Waals surface area contributed by atoms with Gasteiger partial charge >= 0.3 is 5.97 Å². The van der Waals surface area contributed by atoms with E-state index in [2.05, 4.69) is 17.5 Å². The number of piperazine rings is 1. The van der Waals surface area contributed by atoms with E-state index in [9.17, 15) is 9.90 Å². The molecule has 1 fully saturated rings. The molecule has 2 aliphatic heterocycles. The molecule has 5 nitrogen and oxygen atoms in total. The van der Waals surface area contributed by atoms with Crippen molar-refractivity contribution in [2.75, 3.05) is 26.2 Å². The van der Waals surface area contributed by atoms with E-state index in [1.807, 2.05) is 41.3 Å². The number of aliphatic carboxylic acids is 1. The zero-order valence-corrected chi connectivity index (χ0v) is 14.9. The van der Waals surface area contributed by atoms with Gasteiger partial charge in [0.05, 0.1) is 11.4 Å². The first-order valence-corrected chi connectivity index (χ1v) is 9.06. The second kappa shape index (κ2) is 6.67. The minimum atomic E-state index is -1.18. The van der Waals surface area contributed by atoms with Gasteiger partial charge < -0.3 is 10.4 Å². The van der Waals surface area contributed by atoms with E-state index in [0.717, 1.165) is 41.9 Å². The largest absolute Gasteiger partial charge is 0.480 e. The van der Waals surface area contributed by atoms with Crippen molar-refractivity contribution in [1.29, 1.82) is 0 Å². The molecule has 1 atom stereocenters. The SMILES string of the molecule is CC(C(=O)O)(C1=NC2=CC=CCC2=Cc2ccccc21)N1CCNCC1. The van der Waals surface area contributed by atoms with Crippen molar-refractivity contribution < 1.29 is 9.90 Å². The summed E-state index contributed by atoms with van der Waals surface area (Å²) in [6, 6.07) is 7.97. The van der Waals surface area contributed by atoms with E-state index >= 15 is 0 Å². The lowest BCUT2D eigenvalue weighted by molar-refractivity contribution is -0.146. The molecule has 1 aliphatic carbocycles. The highest BCUT2D eigenvalue weighted by Crippen LogP contribution is 2.34. The molecule has 0 spiro atoms. The normalized spacial score (nSPS) is 22.1. The Balaban J connectivity index is 1.92. The van der Waals surface area contributed by atoms with Crippen molar-refractivity contribution in [3.63, 3.8) is 0 Å². The summed E-state index contributed by atoms with van der Waals surface area (Å²) in [6.07, 6.45) is 9.02. The van der Waals surface area contributed by atoms with Crippen LogP contribution in [-0.2, 0) is 4.79 Å².